The quantitative estimate of drug-likeness (QED) is 0.544. The number of hydrogen-bond acceptors (Lipinski definition) is 4. The van der Waals surface area contributed by atoms with Gasteiger partial charge in [0.25, 0.3) is 0 Å². The molecule has 6 heteroatoms. The molecular formula is C13H22O6. The lowest BCUT2D eigenvalue weighted by Gasteiger charge is -2.11. The summed E-state index contributed by atoms with van der Waals surface area (Å²) in [6.45, 7) is 6.65. The van der Waals surface area contributed by atoms with Crippen LogP contribution in [0.3, 0.4) is 0 Å². The van der Waals surface area contributed by atoms with E-state index in [1.807, 2.05) is 6.92 Å². The van der Waals surface area contributed by atoms with Crippen molar-refractivity contribution >= 4 is 17.9 Å². The molecule has 0 atom stereocenters. The number of carboxylic acid groups (broad SMARTS) is 2. The SMILES string of the molecule is CCC(=O)OCC(CC)CC.O=C(O)/C=C\C(=O)O. The molecule has 0 rings (SSSR count). The molecular weight excluding hydrogens is 252 g/mol. The van der Waals surface area contributed by atoms with Crippen molar-refractivity contribution in [3.63, 3.8) is 0 Å². The van der Waals surface area contributed by atoms with E-state index in [-0.39, 0.29) is 5.97 Å². The van der Waals surface area contributed by atoms with Gasteiger partial charge in [-0.1, -0.05) is 33.6 Å². The van der Waals surface area contributed by atoms with Crippen LogP contribution in [-0.2, 0) is 19.1 Å². The Morgan fingerprint density at radius 1 is 1.00 bits per heavy atom. The van der Waals surface area contributed by atoms with Gasteiger partial charge in [-0.25, -0.2) is 9.59 Å². The third-order valence-corrected chi connectivity index (χ3v) is 2.29. The Hall–Kier alpha value is -1.85. The van der Waals surface area contributed by atoms with Gasteiger partial charge in [0.2, 0.25) is 0 Å². The molecule has 0 aromatic rings. The second-order valence-electron chi connectivity index (χ2n) is 3.73. The molecule has 0 unspecified atom stereocenters. The van der Waals surface area contributed by atoms with E-state index >= 15 is 0 Å². The van der Waals surface area contributed by atoms with Crippen LogP contribution in [0.4, 0.5) is 0 Å². The highest BCUT2D eigenvalue weighted by atomic mass is 16.5. The highest BCUT2D eigenvalue weighted by Gasteiger charge is 2.05. The Balaban J connectivity index is 0. The van der Waals surface area contributed by atoms with E-state index in [1.54, 1.807) is 0 Å². The second-order valence-corrected chi connectivity index (χ2v) is 3.73. The van der Waals surface area contributed by atoms with Crippen molar-refractivity contribution in [2.75, 3.05) is 6.61 Å². The third kappa shape index (κ3) is 16.1. The van der Waals surface area contributed by atoms with Crippen molar-refractivity contribution in [2.24, 2.45) is 5.92 Å². The lowest BCUT2D eigenvalue weighted by Crippen LogP contribution is -2.11. The zero-order valence-corrected chi connectivity index (χ0v) is 11.6. The summed E-state index contributed by atoms with van der Waals surface area (Å²) in [5.41, 5.74) is 0. The Morgan fingerprint density at radius 2 is 1.42 bits per heavy atom. The molecule has 0 heterocycles. The van der Waals surface area contributed by atoms with Gasteiger partial charge in [0.15, 0.2) is 0 Å². The molecule has 0 amide bonds. The maximum absolute atomic E-state index is 10.7. The maximum atomic E-state index is 10.7. The lowest BCUT2D eigenvalue weighted by molar-refractivity contribution is -0.144. The minimum absolute atomic E-state index is 0.0862. The van der Waals surface area contributed by atoms with E-state index in [1.165, 1.54) is 0 Å². The lowest BCUT2D eigenvalue weighted by atomic mass is 10.1. The van der Waals surface area contributed by atoms with Gasteiger partial charge in [-0.3, -0.25) is 4.79 Å². The van der Waals surface area contributed by atoms with Crippen LogP contribution in [0.5, 0.6) is 0 Å². The minimum atomic E-state index is -1.26. The van der Waals surface area contributed by atoms with Gasteiger partial charge in [-0.15, -0.1) is 0 Å². The fraction of sp³-hybridized carbons (Fsp3) is 0.615. The summed E-state index contributed by atoms with van der Waals surface area (Å²) in [7, 11) is 0. The molecule has 6 nitrogen and oxygen atoms in total. The van der Waals surface area contributed by atoms with Gasteiger partial charge in [0.05, 0.1) is 6.61 Å². The molecule has 0 saturated heterocycles. The standard InChI is InChI=1S/C9H18O2.C4H4O4/c1-4-8(5-2)7-11-9(10)6-3;5-3(6)1-2-4(7)8/h8H,4-7H2,1-3H3;1-2H,(H,5,6)(H,7,8)/b;2-1-. The van der Waals surface area contributed by atoms with Crippen molar-refractivity contribution in [3.8, 4) is 0 Å². The summed E-state index contributed by atoms with van der Waals surface area (Å²) in [5.74, 6) is -2.05. The number of carbonyl (C=O) groups excluding carboxylic acids is 1. The van der Waals surface area contributed by atoms with Crippen LogP contribution in [0.2, 0.25) is 0 Å². The maximum Gasteiger partial charge on any atom is 0.328 e. The van der Waals surface area contributed by atoms with Crippen molar-refractivity contribution in [2.45, 2.75) is 40.0 Å². The molecule has 0 aliphatic carbocycles. The first-order valence-corrected chi connectivity index (χ1v) is 6.16. The summed E-state index contributed by atoms with van der Waals surface area (Å²) < 4.78 is 5.00. The minimum Gasteiger partial charge on any atom is -0.478 e. The van der Waals surface area contributed by atoms with E-state index in [4.69, 9.17) is 14.9 Å². The van der Waals surface area contributed by atoms with Crippen LogP contribution in [0, 0.1) is 5.92 Å². The highest BCUT2D eigenvalue weighted by molar-refractivity contribution is 5.89. The van der Waals surface area contributed by atoms with Crippen molar-refractivity contribution < 1.29 is 29.3 Å². The van der Waals surface area contributed by atoms with E-state index < -0.39 is 11.9 Å². The Morgan fingerprint density at radius 3 is 1.68 bits per heavy atom. The Bertz CT molecular complexity index is 288. The molecule has 0 bridgehead atoms. The molecule has 0 aromatic heterocycles. The molecule has 0 aliphatic rings. The first kappa shape index (κ1) is 19.5. The van der Waals surface area contributed by atoms with Crippen LogP contribution in [0.1, 0.15) is 40.0 Å². The summed E-state index contributed by atoms with van der Waals surface area (Å²) in [4.78, 5) is 29.8. The number of esters is 1. The van der Waals surface area contributed by atoms with Crippen LogP contribution < -0.4 is 0 Å². The summed E-state index contributed by atoms with van der Waals surface area (Å²) >= 11 is 0. The van der Waals surface area contributed by atoms with Crippen molar-refractivity contribution in [3.05, 3.63) is 12.2 Å². The van der Waals surface area contributed by atoms with Crippen molar-refractivity contribution in [1.82, 2.24) is 0 Å². The molecule has 0 saturated carbocycles. The zero-order valence-electron chi connectivity index (χ0n) is 11.6. The molecule has 0 aromatic carbocycles. The molecule has 110 valence electrons. The second kappa shape index (κ2) is 12.6. The van der Waals surface area contributed by atoms with E-state index in [2.05, 4.69) is 13.8 Å². The van der Waals surface area contributed by atoms with Crippen LogP contribution >= 0.6 is 0 Å². The molecule has 2 N–H and O–H groups in total. The van der Waals surface area contributed by atoms with Crippen LogP contribution in [0.15, 0.2) is 12.2 Å². The fourth-order valence-corrected chi connectivity index (χ4v) is 0.980. The van der Waals surface area contributed by atoms with Crippen LogP contribution in [-0.4, -0.2) is 34.7 Å². The van der Waals surface area contributed by atoms with Gasteiger partial charge in [-0.2, -0.15) is 0 Å². The predicted molar refractivity (Wildman–Crippen MR) is 69.7 cm³/mol. The highest BCUT2D eigenvalue weighted by Crippen LogP contribution is 2.07. The molecule has 0 aliphatic heterocycles. The summed E-state index contributed by atoms with van der Waals surface area (Å²) in [6, 6.07) is 0. The Kier molecular flexibility index (Phi) is 12.9. The van der Waals surface area contributed by atoms with Crippen molar-refractivity contribution in [1.29, 1.82) is 0 Å². The van der Waals surface area contributed by atoms with Gasteiger partial charge in [0.1, 0.15) is 0 Å². The van der Waals surface area contributed by atoms with Crippen LogP contribution in [0.25, 0.3) is 0 Å². The number of aliphatic carboxylic acids is 2. The first-order chi connectivity index (χ1) is 8.87. The summed E-state index contributed by atoms with van der Waals surface area (Å²) in [5, 5.41) is 15.6. The largest absolute Gasteiger partial charge is 0.478 e. The van der Waals surface area contributed by atoms with Gasteiger partial charge < -0.3 is 14.9 Å². The molecule has 19 heavy (non-hydrogen) atoms. The van der Waals surface area contributed by atoms with Gasteiger partial charge in [0, 0.05) is 18.6 Å². The number of hydrogen-bond donors (Lipinski definition) is 2. The average Bonchev–Trinajstić information content (AvgIpc) is 2.38. The monoisotopic (exact) mass is 274 g/mol. The normalized spacial score (nSPS) is 9.89. The number of carbonyl (C=O) groups is 3. The Labute approximate surface area is 113 Å². The van der Waals surface area contributed by atoms with E-state index in [0.29, 0.717) is 31.1 Å². The van der Waals surface area contributed by atoms with E-state index in [9.17, 15) is 14.4 Å². The predicted octanol–water partition coefficient (Wildman–Crippen LogP) is 2.09. The average molecular weight is 274 g/mol. The third-order valence-electron chi connectivity index (χ3n) is 2.29. The number of rotatable bonds is 7. The molecule has 0 radical (unpaired) electrons. The van der Waals surface area contributed by atoms with E-state index in [0.717, 1.165) is 12.8 Å². The number of carboxylic acids is 2. The number of ether oxygens (including phenoxy) is 1. The smallest absolute Gasteiger partial charge is 0.328 e. The molecule has 0 spiro atoms. The first-order valence-electron chi connectivity index (χ1n) is 6.16. The zero-order chi connectivity index (χ0) is 15.3. The molecule has 0 fully saturated rings. The topological polar surface area (TPSA) is 101 Å². The van der Waals surface area contributed by atoms with Gasteiger partial charge >= 0.3 is 17.9 Å². The summed E-state index contributed by atoms with van der Waals surface area (Å²) in [6.07, 6.45) is 3.78. The van der Waals surface area contributed by atoms with Gasteiger partial charge in [-0.05, 0) is 5.92 Å². The fourth-order valence-electron chi connectivity index (χ4n) is 0.980.